The lowest BCUT2D eigenvalue weighted by Crippen LogP contribution is -2.02. The van der Waals surface area contributed by atoms with Crippen LogP contribution in [0.5, 0.6) is 5.75 Å². The van der Waals surface area contributed by atoms with Crippen molar-refractivity contribution in [1.82, 2.24) is 4.37 Å². The lowest BCUT2D eigenvalue weighted by molar-refractivity contribution is 0.419. The lowest BCUT2D eigenvalue weighted by Gasteiger charge is -2.04. The van der Waals surface area contributed by atoms with E-state index in [0.717, 1.165) is 17.5 Å². The minimum absolute atomic E-state index is 0.478. The van der Waals surface area contributed by atoms with Gasteiger partial charge in [-0.05, 0) is 30.3 Å². The molecule has 0 bridgehead atoms. The van der Waals surface area contributed by atoms with Crippen molar-refractivity contribution < 1.29 is 4.74 Å². The smallest absolute Gasteiger partial charge is 0.197 e. The summed E-state index contributed by atoms with van der Waals surface area (Å²) in [7, 11) is 1.61. The zero-order valence-electron chi connectivity index (χ0n) is 7.54. The van der Waals surface area contributed by atoms with E-state index in [2.05, 4.69) is 9.69 Å². The molecule has 2 rings (SSSR count). The van der Waals surface area contributed by atoms with Crippen molar-refractivity contribution in [2.75, 3.05) is 24.7 Å². The summed E-state index contributed by atoms with van der Waals surface area (Å²) in [4.78, 5) is 0. The standard InChI is InChI=1S/C8H13N3OS/c1-12-6-7(9)11-13-8(6)10-4-5-2-3-5/h5,10H,2-4H2,1H3,(H2,9,11). The minimum atomic E-state index is 0.478. The van der Waals surface area contributed by atoms with Crippen LogP contribution in [0.4, 0.5) is 10.8 Å². The molecule has 0 unspecified atom stereocenters. The summed E-state index contributed by atoms with van der Waals surface area (Å²) in [5, 5.41) is 4.25. The average molecular weight is 199 g/mol. The van der Waals surface area contributed by atoms with Crippen LogP contribution in [0.25, 0.3) is 0 Å². The first-order valence-electron chi connectivity index (χ1n) is 4.34. The van der Waals surface area contributed by atoms with E-state index in [-0.39, 0.29) is 0 Å². The summed E-state index contributed by atoms with van der Waals surface area (Å²) in [5.41, 5.74) is 5.61. The normalized spacial score (nSPS) is 15.8. The summed E-state index contributed by atoms with van der Waals surface area (Å²) in [5.74, 6) is 2.00. The fourth-order valence-corrected chi connectivity index (χ4v) is 1.85. The van der Waals surface area contributed by atoms with Crippen molar-refractivity contribution in [3.05, 3.63) is 0 Å². The molecular formula is C8H13N3OS. The third kappa shape index (κ3) is 1.85. The van der Waals surface area contributed by atoms with Gasteiger partial charge in [-0.1, -0.05) is 0 Å². The van der Waals surface area contributed by atoms with E-state index < -0.39 is 0 Å². The molecule has 13 heavy (non-hydrogen) atoms. The highest BCUT2D eigenvalue weighted by Gasteiger charge is 2.22. The van der Waals surface area contributed by atoms with Crippen LogP contribution >= 0.6 is 11.5 Å². The molecule has 4 nitrogen and oxygen atoms in total. The van der Waals surface area contributed by atoms with E-state index in [9.17, 15) is 0 Å². The molecule has 1 aromatic rings. The molecule has 0 saturated heterocycles. The summed E-state index contributed by atoms with van der Waals surface area (Å²) < 4.78 is 9.15. The van der Waals surface area contributed by atoms with Gasteiger partial charge in [-0.2, -0.15) is 4.37 Å². The number of rotatable bonds is 4. The Morgan fingerprint density at radius 3 is 3.08 bits per heavy atom. The van der Waals surface area contributed by atoms with Gasteiger partial charge in [-0.3, -0.25) is 0 Å². The number of nitrogens with two attached hydrogens (primary N) is 1. The predicted octanol–water partition coefficient (Wildman–Crippen LogP) is 1.56. The molecule has 1 heterocycles. The highest BCUT2D eigenvalue weighted by molar-refractivity contribution is 7.11. The van der Waals surface area contributed by atoms with E-state index in [4.69, 9.17) is 10.5 Å². The number of ether oxygens (including phenoxy) is 1. The molecule has 0 spiro atoms. The van der Waals surface area contributed by atoms with Crippen molar-refractivity contribution in [1.29, 1.82) is 0 Å². The number of hydrogen-bond acceptors (Lipinski definition) is 5. The predicted molar refractivity (Wildman–Crippen MR) is 54.3 cm³/mol. The fraction of sp³-hybridized carbons (Fsp3) is 0.625. The third-order valence-electron chi connectivity index (χ3n) is 2.13. The zero-order chi connectivity index (χ0) is 9.26. The van der Waals surface area contributed by atoms with E-state index >= 15 is 0 Å². The summed E-state index contributed by atoms with van der Waals surface area (Å²) in [6.45, 7) is 1.01. The number of aromatic nitrogens is 1. The maximum absolute atomic E-state index is 5.61. The van der Waals surface area contributed by atoms with Crippen LogP contribution in [0.3, 0.4) is 0 Å². The van der Waals surface area contributed by atoms with Gasteiger partial charge in [0.25, 0.3) is 0 Å². The molecular weight excluding hydrogens is 186 g/mol. The SMILES string of the molecule is COc1c(N)nsc1NCC1CC1. The van der Waals surface area contributed by atoms with Crippen molar-refractivity contribution in [3.63, 3.8) is 0 Å². The van der Waals surface area contributed by atoms with Gasteiger partial charge in [0.15, 0.2) is 16.6 Å². The highest BCUT2D eigenvalue weighted by Crippen LogP contribution is 2.36. The number of nitrogens with one attached hydrogen (secondary N) is 1. The number of methoxy groups -OCH3 is 1. The first-order chi connectivity index (χ1) is 6.31. The van der Waals surface area contributed by atoms with E-state index in [1.54, 1.807) is 7.11 Å². The maximum atomic E-state index is 5.61. The van der Waals surface area contributed by atoms with Crippen molar-refractivity contribution in [3.8, 4) is 5.75 Å². The zero-order valence-corrected chi connectivity index (χ0v) is 8.36. The fourth-order valence-electron chi connectivity index (χ4n) is 1.16. The van der Waals surface area contributed by atoms with Crippen LogP contribution in [-0.4, -0.2) is 18.0 Å². The van der Waals surface area contributed by atoms with Crippen LogP contribution in [0.2, 0.25) is 0 Å². The number of anilines is 2. The molecule has 0 amide bonds. The topological polar surface area (TPSA) is 60.2 Å². The van der Waals surface area contributed by atoms with Crippen molar-refractivity contribution >= 4 is 22.4 Å². The maximum Gasteiger partial charge on any atom is 0.197 e. The molecule has 0 aliphatic heterocycles. The third-order valence-corrected chi connectivity index (χ3v) is 2.93. The summed E-state index contributed by atoms with van der Waals surface area (Å²) in [6, 6.07) is 0. The molecule has 1 aliphatic carbocycles. The Balaban J connectivity index is 2.00. The molecule has 0 aromatic carbocycles. The molecule has 1 aliphatic rings. The molecule has 1 saturated carbocycles. The van der Waals surface area contributed by atoms with Gasteiger partial charge in [0.05, 0.1) is 7.11 Å². The van der Waals surface area contributed by atoms with Gasteiger partial charge in [-0.15, -0.1) is 0 Å². The second-order valence-electron chi connectivity index (χ2n) is 3.25. The second kappa shape index (κ2) is 3.41. The Kier molecular flexibility index (Phi) is 2.26. The van der Waals surface area contributed by atoms with E-state index in [0.29, 0.717) is 11.6 Å². The Labute approximate surface area is 81.3 Å². The van der Waals surface area contributed by atoms with Gasteiger partial charge in [-0.25, -0.2) is 0 Å². The average Bonchev–Trinajstić information content (AvgIpc) is 2.88. The second-order valence-corrected chi connectivity index (χ2v) is 4.03. The Hall–Kier alpha value is -0.970. The molecule has 0 radical (unpaired) electrons. The minimum Gasteiger partial charge on any atom is -0.490 e. The van der Waals surface area contributed by atoms with Gasteiger partial charge < -0.3 is 15.8 Å². The Morgan fingerprint density at radius 1 is 1.69 bits per heavy atom. The largest absolute Gasteiger partial charge is 0.490 e. The summed E-state index contributed by atoms with van der Waals surface area (Å²) in [6.07, 6.45) is 2.67. The lowest BCUT2D eigenvalue weighted by atomic mass is 10.4. The molecule has 72 valence electrons. The number of nitrogen functional groups attached to an aromatic ring is 1. The van der Waals surface area contributed by atoms with Gasteiger partial charge in [0.2, 0.25) is 0 Å². The first-order valence-corrected chi connectivity index (χ1v) is 5.11. The van der Waals surface area contributed by atoms with E-state index in [1.807, 2.05) is 0 Å². The van der Waals surface area contributed by atoms with Crippen LogP contribution < -0.4 is 15.8 Å². The van der Waals surface area contributed by atoms with Crippen molar-refractivity contribution in [2.24, 2.45) is 5.92 Å². The van der Waals surface area contributed by atoms with Crippen LogP contribution in [0.15, 0.2) is 0 Å². The van der Waals surface area contributed by atoms with Gasteiger partial charge >= 0.3 is 0 Å². The molecule has 3 N–H and O–H groups in total. The van der Waals surface area contributed by atoms with Crippen molar-refractivity contribution in [2.45, 2.75) is 12.8 Å². The molecule has 1 aromatic heterocycles. The first kappa shape index (κ1) is 8.62. The van der Waals surface area contributed by atoms with Crippen LogP contribution in [0, 0.1) is 5.92 Å². The molecule has 5 heteroatoms. The van der Waals surface area contributed by atoms with Crippen LogP contribution in [0.1, 0.15) is 12.8 Å². The van der Waals surface area contributed by atoms with E-state index in [1.165, 1.54) is 24.4 Å². The number of nitrogens with zero attached hydrogens (tertiary/aromatic N) is 1. The Morgan fingerprint density at radius 2 is 2.46 bits per heavy atom. The monoisotopic (exact) mass is 199 g/mol. The highest BCUT2D eigenvalue weighted by atomic mass is 32.1. The summed E-state index contributed by atoms with van der Waals surface area (Å²) >= 11 is 1.36. The number of hydrogen-bond donors (Lipinski definition) is 2. The van der Waals surface area contributed by atoms with Gasteiger partial charge in [0.1, 0.15) is 0 Å². The molecule has 0 atom stereocenters. The Bertz CT molecular complexity index is 296. The van der Waals surface area contributed by atoms with Crippen LogP contribution in [-0.2, 0) is 0 Å². The quantitative estimate of drug-likeness (QED) is 0.772. The molecule has 1 fully saturated rings. The van der Waals surface area contributed by atoms with Gasteiger partial charge in [0, 0.05) is 6.54 Å².